The largest absolute Gasteiger partial charge is 0.478 e. The molecule has 0 aliphatic rings. The zero-order valence-electron chi connectivity index (χ0n) is 9.77. The molecule has 94 valence electrons. The summed E-state index contributed by atoms with van der Waals surface area (Å²) in [6, 6.07) is 5.33. The molecule has 3 nitrogen and oxygen atoms in total. The number of carbonyl (C=O) groups is 1. The molecule has 0 radical (unpaired) electrons. The standard InChI is InChI=1S/C12H15BrO3S/c1-8(2)16-5-6-17-9-3-4-11(13)10(7-9)12(14)15/h3-4,7-8H,5-6H2,1-2H3,(H,14,15). The maximum Gasteiger partial charge on any atom is 0.336 e. The molecule has 0 aromatic heterocycles. The molecule has 0 aliphatic heterocycles. The molecule has 1 rings (SSSR count). The van der Waals surface area contributed by atoms with Crippen molar-refractivity contribution >= 4 is 33.7 Å². The zero-order valence-corrected chi connectivity index (χ0v) is 12.2. The molecular weight excluding hydrogens is 304 g/mol. The molecule has 0 unspecified atom stereocenters. The third kappa shape index (κ3) is 5.10. The van der Waals surface area contributed by atoms with Crippen molar-refractivity contribution in [2.45, 2.75) is 24.8 Å². The molecule has 5 heteroatoms. The fourth-order valence-corrected chi connectivity index (χ4v) is 2.40. The van der Waals surface area contributed by atoms with Gasteiger partial charge in [-0.3, -0.25) is 0 Å². The Morgan fingerprint density at radius 3 is 2.82 bits per heavy atom. The predicted molar refractivity (Wildman–Crippen MR) is 72.9 cm³/mol. The van der Waals surface area contributed by atoms with Crippen LogP contribution in [-0.4, -0.2) is 29.5 Å². The Bertz CT molecular complexity index is 393. The van der Waals surface area contributed by atoms with Gasteiger partial charge in [-0.05, 0) is 48.0 Å². The lowest BCUT2D eigenvalue weighted by Crippen LogP contribution is -2.05. The van der Waals surface area contributed by atoms with Crippen LogP contribution in [0.25, 0.3) is 0 Å². The number of halogens is 1. The van der Waals surface area contributed by atoms with Gasteiger partial charge in [-0.2, -0.15) is 0 Å². The van der Waals surface area contributed by atoms with Gasteiger partial charge in [0.2, 0.25) is 0 Å². The van der Waals surface area contributed by atoms with E-state index in [1.165, 1.54) is 0 Å². The molecule has 0 bridgehead atoms. The van der Waals surface area contributed by atoms with Gasteiger partial charge < -0.3 is 9.84 Å². The molecule has 0 heterocycles. The maximum absolute atomic E-state index is 10.9. The molecule has 0 aliphatic carbocycles. The number of thioether (sulfide) groups is 1. The van der Waals surface area contributed by atoms with Gasteiger partial charge in [-0.1, -0.05) is 0 Å². The topological polar surface area (TPSA) is 46.5 Å². The van der Waals surface area contributed by atoms with Crippen LogP contribution < -0.4 is 0 Å². The Balaban J connectivity index is 2.54. The van der Waals surface area contributed by atoms with Gasteiger partial charge in [0, 0.05) is 15.1 Å². The van der Waals surface area contributed by atoms with Crippen LogP contribution in [0.3, 0.4) is 0 Å². The van der Waals surface area contributed by atoms with Gasteiger partial charge in [-0.25, -0.2) is 4.79 Å². The van der Waals surface area contributed by atoms with E-state index in [0.717, 1.165) is 10.6 Å². The highest BCUT2D eigenvalue weighted by Crippen LogP contribution is 2.24. The number of rotatable bonds is 6. The van der Waals surface area contributed by atoms with Gasteiger partial charge in [0.15, 0.2) is 0 Å². The van der Waals surface area contributed by atoms with Crippen molar-refractivity contribution in [2.24, 2.45) is 0 Å². The van der Waals surface area contributed by atoms with Crippen molar-refractivity contribution in [1.29, 1.82) is 0 Å². The second-order valence-electron chi connectivity index (χ2n) is 3.71. The van der Waals surface area contributed by atoms with Crippen LogP contribution in [-0.2, 0) is 4.74 Å². The van der Waals surface area contributed by atoms with E-state index in [2.05, 4.69) is 15.9 Å². The highest BCUT2D eigenvalue weighted by Gasteiger charge is 2.09. The van der Waals surface area contributed by atoms with Gasteiger partial charge in [0.1, 0.15) is 0 Å². The van der Waals surface area contributed by atoms with Crippen molar-refractivity contribution in [3.8, 4) is 0 Å². The number of carboxylic acid groups (broad SMARTS) is 1. The van der Waals surface area contributed by atoms with Crippen LogP contribution in [0, 0.1) is 0 Å². The minimum absolute atomic E-state index is 0.232. The monoisotopic (exact) mass is 318 g/mol. The van der Waals surface area contributed by atoms with Crippen LogP contribution in [0.5, 0.6) is 0 Å². The zero-order chi connectivity index (χ0) is 12.8. The number of carboxylic acids is 1. The Hall–Kier alpha value is -0.520. The fourth-order valence-electron chi connectivity index (χ4n) is 1.20. The summed E-state index contributed by atoms with van der Waals surface area (Å²) in [7, 11) is 0. The number of benzene rings is 1. The molecule has 1 aromatic carbocycles. The number of hydrogen-bond donors (Lipinski definition) is 1. The van der Waals surface area contributed by atoms with Crippen molar-refractivity contribution in [3.05, 3.63) is 28.2 Å². The van der Waals surface area contributed by atoms with Gasteiger partial charge in [0.25, 0.3) is 0 Å². The summed E-state index contributed by atoms with van der Waals surface area (Å²) in [4.78, 5) is 11.9. The summed E-state index contributed by atoms with van der Waals surface area (Å²) < 4.78 is 6.02. The molecule has 0 amide bonds. The second-order valence-corrected chi connectivity index (χ2v) is 5.74. The van der Waals surface area contributed by atoms with Crippen LogP contribution in [0.4, 0.5) is 0 Å². The lowest BCUT2D eigenvalue weighted by Gasteiger charge is -2.07. The van der Waals surface area contributed by atoms with Crippen LogP contribution in [0.2, 0.25) is 0 Å². The van der Waals surface area contributed by atoms with Crippen molar-refractivity contribution in [2.75, 3.05) is 12.4 Å². The smallest absolute Gasteiger partial charge is 0.336 e. The van der Waals surface area contributed by atoms with E-state index in [1.807, 2.05) is 19.9 Å². The Morgan fingerprint density at radius 1 is 1.53 bits per heavy atom. The van der Waals surface area contributed by atoms with Gasteiger partial charge in [0.05, 0.1) is 18.3 Å². The quantitative estimate of drug-likeness (QED) is 0.642. The maximum atomic E-state index is 10.9. The molecule has 0 saturated carbocycles. The Labute approximate surface area is 114 Å². The summed E-state index contributed by atoms with van der Waals surface area (Å²) in [5.41, 5.74) is 0.291. The van der Waals surface area contributed by atoms with E-state index in [-0.39, 0.29) is 6.10 Å². The highest BCUT2D eigenvalue weighted by atomic mass is 79.9. The van der Waals surface area contributed by atoms with E-state index in [4.69, 9.17) is 9.84 Å². The minimum atomic E-state index is -0.919. The predicted octanol–water partition coefficient (Wildman–Crippen LogP) is 3.66. The summed E-state index contributed by atoms with van der Waals surface area (Å²) in [6.07, 6.45) is 0.232. The number of aromatic carboxylic acids is 1. The first-order chi connectivity index (χ1) is 8.00. The van der Waals surface area contributed by atoms with Crippen molar-refractivity contribution in [1.82, 2.24) is 0 Å². The summed E-state index contributed by atoms with van der Waals surface area (Å²) in [5.74, 6) is -0.100. The minimum Gasteiger partial charge on any atom is -0.478 e. The molecule has 17 heavy (non-hydrogen) atoms. The van der Waals surface area contributed by atoms with Crippen LogP contribution in [0.15, 0.2) is 27.6 Å². The summed E-state index contributed by atoms with van der Waals surface area (Å²) in [5, 5.41) is 8.97. The van der Waals surface area contributed by atoms with E-state index in [9.17, 15) is 4.79 Å². The third-order valence-corrected chi connectivity index (χ3v) is 3.62. The lowest BCUT2D eigenvalue weighted by atomic mass is 10.2. The fraction of sp³-hybridized carbons (Fsp3) is 0.417. The molecule has 0 spiro atoms. The first-order valence-corrected chi connectivity index (χ1v) is 7.06. The number of hydrogen-bond acceptors (Lipinski definition) is 3. The normalized spacial score (nSPS) is 10.8. The Kier molecular flexibility index (Phi) is 6.02. The Morgan fingerprint density at radius 2 is 2.24 bits per heavy atom. The number of ether oxygens (including phenoxy) is 1. The van der Waals surface area contributed by atoms with E-state index in [0.29, 0.717) is 16.6 Å². The van der Waals surface area contributed by atoms with E-state index < -0.39 is 5.97 Å². The molecule has 0 saturated heterocycles. The molecule has 0 atom stereocenters. The highest BCUT2D eigenvalue weighted by molar-refractivity contribution is 9.10. The average molecular weight is 319 g/mol. The molecule has 1 aromatic rings. The van der Waals surface area contributed by atoms with Crippen molar-refractivity contribution in [3.63, 3.8) is 0 Å². The average Bonchev–Trinajstić information content (AvgIpc) is 2.25. The van der Waals surface area contributed by atoms with E-state index in [1.54, 1.807) is 23.9 Å². The SMILES string of the molecule is CC(C)OCCSc1ccc(Br)c(C(=O)O)c1. The van der Waals surface area contributed by atoms with Gasteiger partial charge in [-0.15, -0.1) is 11.8 Å². The third-order valence-electron chi connectivity index (χ3n) is 1.97. The first kappa shape index (κ1) is 14.5. The summed E-state index contributed by atoms with van der Waals surface area (Å²) in [6.45, 7) is 4.65. The van der Waals surface area contributed by atoms with Crippen LogP contribution in [0.1, 0.15) is 24.2 Å². The van der Waals surface area contributed by atoms with Crippen molar-refractivity contribution < 1.29 is 14.6 Å². The molecular formula is C12H15BrO3S. The van der Waals surface area contributed by atoms with Crippen LogP contribution >= 0.6 is 27.7 Å². The molecule has 0 fully saturated rings. The summed E-state index contributed by atoms with van der Waals surface area (Å²) >= 11 is 4.81. The first-order valence-electron chi connectivity index (χ1n) is 5.28. The van der Waals surface area contributed by atoms with E-state index >= 15 is 0 Å². The molecule has 1 N–H and O–H groups in total. The second kappa shape index (κ2) is 7.03. The van der Waals surface area contributed by atoms with Gasteiger partial charge >= 0.3 is 5.97 Å². The lowest BCUT2D eigenvalue weighted by molar-refractivity contribution is 0.0695.